The summed E-state index contributed by atoms with van der Waals surface area (Å²) < 4.78 is 26.0. The molecule has 7 heteroatoms. The third kappa shape index (κ3) is 3.26. The Labute approximate surface area is 108 Å². The molecule has 0 aromatic carbocycles. The number of aromatic nitrogens is 2. The minimum absolute atomic E-state index is 0.0360. The van der Waals surface area contributed by atoms with Crippen molar-refractivity contribution >= 4 is 17.4 Å². The zero-order chi connectivity index (χ0) is 13.2. The second kappa shape index (κ2) is 5.02. The summed E-state index contributed by atoms with van der Waals surface area (Å²) in [6.45, 7) is 0. The molecule has 1 N–H and O–H groups in total. The second-order valence-electron chi connectivity index (χ2n) is 4.29. The first-order chi connectivity index (χ1) is 8.48. The number of nitriles is 1. The Morgan fingerprint density at radius 2 is 2.06 bits per heavy atom. The molecule has 0 unspecified atom stereocenters. The van der Waals surface area contributed by atoms with Crippen LogP contribution in [0.3, 0.4) is 0 Å². The van der Waals surface area contributed by atoms with Crippen molar-refractivity contribution in [3.63, 3.8) is 0 Å². The van der Waals surface area contributed by atoms with E-state index in [0.29, 0.717) is 18.7 Å². The molecule has 1 aliphatic carbocycles. The van der Waals surface area contributed by atoms with E-state index in [0.717, 1.165) is 0 Å². The van der Waals surface area contributed by atoms with E-state index in [9.17, 15) is 8.78 Å². The molecular formula is C11H11ClF2N4. The highest BCUT2D eigenvalue weighted by Gasteiger charge is 2.34. The predicted octanol–water partition coefficient (Wildman–Crippen LogP) is 2.99. The largest absolute Gasteiger partial charge is 0.367 e. The number of hydrogen-bond donors (Lipinski definition) is 1. The smallest absolute Gasteiger partial charge is 0.248 e. The summed E-state index contributed by atoms with van der Waals surface area (Å²) in [5, 5.41) is 11.9. The van der Waals surface area contributed by atoms with Crippen molar-refractivity contribution in [3.05, 3.63) is 17.0 Å². The molecule has 1 heterocycles. The Bertz CT molecular complexity index is 476. The molecular weight excluding hydrogens is 262 g/mol. The van der Waals surface area contributed by atoms with Gasteiger partial charge in [-0.05, 0) is 12.8 Å². The van der Waals surface area contributed by atoms with Gasteiger partial charge in [0.1, 0.15) is 17.0 Å². The Morgan fingerprint density at radius 1 is 1.39 bits per heavy atom. The number of nitrogens with one attached hydrogen (secondary N) is 1. The van der Waals surface area contributed by atoms with Gasteiger partial charge in [-0.3, -0.25) is 0 Å². The molecule has 1 aromatic rings. The minimum atomic E-state index is -2.56. The average Bonchev–Trinajstić information content (AvgIpc) is 2.31. The Balaban J connectivity index is 2.02. The van der Waals surface area contributed by atoms with E-state index in [2.05, 4.69) is 15.3 Å². The van der Waals surface area contributed by atoms with Gasteiger partial charge in [0.25, 0.3) is 0 Å². The lowest BCUT2D eigenvalue weighted by Gasteiger charge is -2.29. The van der Waals surface area contributed by atoms with E-state index in [-0.39, 0.29) is 29.9 Å². The fraction of sp³-hybridized carbons (Fsp3) is 0.545. The summed E-state index contributed by atoms with van der Waals surface area (Å²) in [4.78, 5) is 7.63. The molecule has 1 saturated carbocycles. The van der Waals surface area contributed by atoms with Crippen molar-refractivity contribution in [2.45, 2.75) is 37.6 Å². The van der Waals surface area contributed by atoms with Crippen LogP contribution in [0.4, 0.5) is 14.6 Å². The lowest BCUT2D eigenvalue weighted by atomic mass is 9.92. The molecule has 4 nitrogen and oxygen atoms in total. The fourth-order valence-corrected chi connectivity index (χ4v) is 2.12. The van der Waals surface area contributed by atoms with Gasteiger partial charge >= 0.3 is 0 Å². The molecule has 96 valence electrons. The molecule has 1 aromatic heterocycles. The first-order valence-electron chi connectivity index (χ1n) is 5.57. The van der Waals surface area contributed by atoms with Crippen molar-refractivity contribution in [2.24, 2.45) is 0 Å². The Kier molecular flexibility index (Phi) is 3.62. The topological polar surface area (TPSA) is 61.6 Å². The number of anilines is 1. The fourth-order valence-electron chi connectivity index (χ4n) is 1.94. The van der Waals surface area contributed by atoms with E-state index in [4.69, 9.17) is 16.9 Å². The molecule has 0 amide bonds. The van der Waals surface area contributed by atoms with Crippen LogP contribution in [0.15, 0.2) is 6.07 Å². The van der Waals surface area contributed by atoms with Crippen LogP contribution in [0.2, 0.25) is 5.15 Å². The lowest BCUT2D eigenvalue weighted by molar-refractivity contribution is -0.0361. The summed E-state index contributed by atoms with van der Waals surface area (Å²) in [6.07, 6.45) is 0.482. The van der Waals surface area contributed by atoms with Crippen LogP contribution in [0.5, 0.6) is 0 Å². The van der Waals surface area contributed by atoms with Crippen molar-refractivity contribution in [1.82, 2.24) is 9.97 Å². The zero-order valence-electron chi connectivity index (χ0n) is 9.46. The number of rotatable bonds is 2. The van der Waals surface area contributed by atoms with Gasteiger partial charge in [0.15, 0.2) is 0 Å². The molecule has 18 heavy (non-hydrogen) atoms. The lowest BCUT2D eigenvalue weighted by Crippen LogP contribution is -2.32. The zero-order valence-corrected chi connectivity index (χ0v) is 10.2. The van der Waals surface area contributed by atoms with Crippen LogP contribution < -0.4 is 5.32 Å². The summed E-state index contributed by atoms with van der Waals surface area (Å²) >= 11 is 5.73. The molecule has 2 rings (SSSR count). The van der Waals surface area contributed by atoms with E-state index in [1.807, 2.05) is 0 Å². The van der Waals surface area contributed by atoms with Gasteiger partial charge in [-0.1, -0.05) is 11.6 Å². The quantitative estimate of drug-likeness (QED) is 0.841. The van der Waals surface area contributed by atoms with Crippen molar-refractivity contribution in [2.75, 3.05) is 5.32 Å². The Hall–Kier alpha value is -1.48. The number of alkyl halides is 2. The van der Waals surface area contributed by atoms with Gasteiger partial charge in [-0.2, -0.15) is 5.26 Å². The number of nitrogens with zero attached hydrogens (tertiary/aromatic N) is 3. The molecule has 0 saturated heterocycles. The second-order valence-corrected chi connectivity index (χ2v) is 4.67. The van der Waals surface area contributed by atoms with E-state index < -0.39 is 5.92 Å². The van der Waals surface area contributed by atoms with Crippen molar-refractivity contribution < 1.29 is 8.78 Å². The predicted molar refractivity (Wildman–Crippen MR) is 62.6 cm³/mol. The highest BCUT2D eigenvalue weighted by Crippen LogP contribution is 2.34. The standard InChI is InChI=1S/C11H11ClF2N4/c12-8-5-9(18-10(6-15)17-8)16-7-1-3-11(13,14)4-2-7/h5,7H,1-4H2,(H,16,17,18). The van der Waals surface area contributed by atoms with E-state index in [1.165, 1.54) is 6.07 Å². The number of halogens is 3. The van der Waals surface area contributed by atoms with Crippen molar-refractivity contribution in [3.8, 4) is 6.07 Å². The van der Waals surface area contributed by atoms with Gasteiger partial charge in [0.2, 0.25) is 11.7 Å². The molecule has 1 aliphatic rings. The van der Waals surface area contributed by atoms with Crippen LogP contribution in [-0.2, 0) is 0 Å². The minimum Gasteiger partial charge on any atom is -0.367 e. The maximum Gasteiger partial charge on any atom is 0.248 e. The van der Waals surface area contributed by atoms with Gasteiger partial charge in [0.05, 0.1) is 0 Å². The summed E-state index contributed by atoms with van der Waals surface area (Å²) in [6, 6.07) is 3.21. The SMILES string of the molecule is N#Cc1nc(Cl)cc(NC2CCC(F)(F)CC2)n1. The number of hydrogen-bond acceptors (Lipinski definition) is 4. The van der Waals surface area contributed by atoms with Gasteiger partial charge < -0.3 is 5.32 Å². The highest BCUT2D eigenvalue weighted by atomic mass is 35.5. The van der Waals surface area contributed by atoms with Crippen molar-refractivity contribution in [1.29, 1.82) is 5.26 Å². The summed E-state index contributed by atoms with van der Waals surface area (Å²) in [5.41, 5.74) is 0. The van der Waals surface area contributed by atoms with Crippen LogP contribution >= 0.6 is 11.6 Å². The molecule has 0 spiro atoms. The van der Waals surface area contributed by atoms with E-state index >= 15 is 0 Å². The molecule has 0 radical (unpaired) electrons. The maximum atomic E-state index is 13.0. The molecule has 0 atom stereocenters. The summed E-state index contributed by atoms with van der Waals surface area (Å²) in [7, 11) is 0. The monoisotopic (exact) mass is 272 g/mol. The Morgan fingerprint density at radius 3 is 2.67 bits per heavy atom. The third-order valence-corrected chi connectivity index (χ3v) is 3.06. The van der Waals surface area contributed by atoms with Crippen LogP contribution in [0.25, 0.3) is 0 Å². The molecule has 0 aliphatic heterocycles. The molecule has 1 fully saturated rings. The molecule has 0 bridgehead atoms. The van der Waals surface area contributed by atoms with E-state index in [1.54, 1.807) is 6.07 Å². The van der Waals surface area contributed by atoms with Crippen LogP contribution in [0.1, 0.15) is 31.5 Å². The maximum absolute atomic E-state index is 13.0. The first-order valence-corrected chi connectivity index (χ1v) is 5.95. The van der Waals surface area contributed by atoms with Gasteiger partial charge in [-0.15, -0.1) is 0 Å². The van der Waals surface area contributed by atoms with Crippen LogP contribution in [-0.4, -0.2) is 21.9 Å². The summed E-state index contributed by atoms with van der Waals surface area (Å²) in [5.74, 6) is -2.19. The first kappa shape index (κ1) is 13.0. The normalized spacial score (nSPS) is 19.2. The van der Waals surface area contributed by atoms with Crippen LogP contribution in [0, 0.1) is 11.3 Å². The third-order valence-electron chi connectivity index (χ3n) is 2.86. The highest BCUT2D eigenvalue weighted by molar-refractivity contribution is 6.29. The van der Waals surface area contributed by atoms with Gasteiger partial charge in [-0.25, -0.2) is 18.7 Å². The average molecular weight is 273 g/mol. The van der Waals surface area contributed by atoms with Gasteiger partial charge in [0, 0.05) is 24.9 Å².